The van der Waals surface area contributed by atoms with Crippen LogP contribution in [-0.2, 0) is 4.79 Å². The van der Waals surface area contributed by atoms with Gasteiger partial charge in [-0.2, -0.15) is 0 Å². The Kier molecular flexibility index (Phi) is 4.53. The lowest BCUT2D eigenvalue weighted by molar-refractivity contribution is -0.134. The molecule has 1 aromatic rings. The van der Waals surface area contributed by atoms with E-state index >= 15 is 0 Å². The Balaban J connectivity index is 1.56. The second-order valence-electron chi connectivity index (χ2n) is 7.27. The second-order valence-corrected chi connectivity index (χ2v) is 7.27. The molecule has 1 amide bonds. The molecule has 1 aliphatic heterocycles. The monoisotopic (exact) mass is 300 g/mol. The predicted octanol–water partition coefficient (Wildman–Crippen LogP) is 3.11. The van der Waals surface area contributed by atoms with Crippen molar-refractivity contribution < 1.29 is 4.79 Å². The van der Waals surface area contributed by atoms with Gasteiger partial charge < -0.3 is 10.6 Å². The average molecular weight is 300 g/mol. The fourth-order valence-corrected chi connectivity index (χ4v) is 3.59. The fourth-order valence-electron chi connectivity index (χ4n) is 3.59. The van der Waals surface area contributed by atoms with Gasteiger partial charge in [-0.25, -0.2) is 0 Å². The summed E-state index contributed by atoms with van der Waals surface area (Å²) in [5.41, 5.74) is 8.43. The van der Waals surface area contributed by atoms with Gasteiger partial charge in [0.1, 0.15) is 0 Å². The maximum Gasteiger partial charge on any atom is 0.226 e. The van der Waals surface area contributed by atoms with Crippen LogP contribution in [-0.4, -0.2) is 30.4 Å². The molecule has 0 bridgehead atoms. The summed E-state index contributed by atoms with van der Waals surface area (Å²) >= 11 is 0. The lowest BCUT2D eigenvalue weighted by atomic mass is 9.96. The van der Waals surface area contributed by atoms with E-state index in [9.17, 15) is 4.79 Å². The number of nitrogens with two attached hydrogens (primary N) is 1. The summed E-state index contributed by atoms with van der Waals surface area (Å²) in [5, 5.41) is 0. The molecule has 0 spiro atoms. The Hall–Kier alpha value is -1.35. The number of nitrogens with zero attached hydrogens (tertiary/aromatic N) is 1. The van der Waals surface area contributed by atoms with Gasteiger partial charge in [0.2, 0.25) is 5.91 Å². The number of piperidine rings is 1. The van der Waals surface area contributed by atoms with Gasteiger partial charge in [-0.1, -0.05) is 38.1 Å². The molecule has 0 radical (unpaired) electrons. The van der Waals surface area contributed by atoms with Crippen LogP contribution in [0.5, 0.6) is 0 Å². The minimum absolute atomic E-state index is 0.222. The first kappa shape index (κ1) is 15.5. The molecule has 0 aromatic heterocycles. The van der Waals surface area contributed by atoms with Crippen LogP contribution in [0.4, 0.5) is 0 Å². The molecule has 2 atom stereocenters. The molecule has 1 aliphatic carbocycles. The highest BCUT2D eigenvalue weighted by atomic mass is 16.2. The number of rotatable bonds is 4. The first-order valence-corrected chi connectivity index (χ1v) is 8.69. The van der Waals surface area contributed by atoms with Gasteiger partial charge in [0.15, 0.2) is 0 Å². The van der Waals surface area contributed by atoms with Crippen molar-refractivity contribution in [3.05, 3.63) is 35.4 Å². The van der Waals surface area contributed by atoms with Crippen molar-refractivity contribution in [2.75, 3.05) is 19.6 Å². The van der Waals surface area contributed by atoms with E-state index in [1.807, 2.05) is 0 Å². The van der Waals surface area contributed by atoms with Crippen LogP contribution >= 0.6 is 0 Å². The van der Waals surface area contributed by atoms with Gasteiger partial charge in [0.25, 0.3) is 0 Å². The molecule has 3 rings (SSSR count). The normalized spacial score (nSPS) is 25.5. The van der Waals surface area contributed by atoms with E-state index in [1.165, 1.54) is 11.1 Å². The molecule has 2 N–H and O–H groups in total. The van der Waals surface area contributed by atoms with E-state index in [0.717, 1.165) is 38.9 Å². The Morgan fingerprint density at radius 3 is 2.41 bits per heavy atom. The lowest BCUT2D eigenvalue weighted by Crippen LogP contribution is -2.41. The molecular formula is C19H28N2O. The SMILES string of the molecule is CC(C)c1ccc(C2CC2C(=O)N2CCC(CN)CC2)cc1. The van der Waals surface area contributed by atoms with Crippen molar-refractivity contribution in [1.29, 1.82) is 0 Å². The van der Waals surface area contributed by atoms with Crippen LogP contribution < -0.4 is 5.73 Å². The smallest absolute Gasteiger partial charge is 0.226 e. The van der Waals surface area contributed by atoms with Crippen molar-refractivity contribution in [2.45, 2.75) is 44.9 Å². The van der Waals surface area contributed by atoms with Crippen molar-refractivity contribution >= 4 is 5.91 Å². The molecule has 2 fully saturated rings. The second kappa shape index (κ2) is 6.41. The van der Waals surface area contributed by atoms with E-state index in [-0.39, 0.29) is 5.92 Å². The lowest BCUT2D eigenvalue weighted by Gasteiger charge is -2.31. The first-order valence-electron chi connectivity index (χ1n) is 8.69. The zero-order valence-corrected chi connectivity index (χ0v) is 13.8. The van der Waals surface area contributed by atoms with Gasteiger partial charge in [-0.15, -0.1) is 0 Å². The summed E-state index contributed by atoms with van der Waals surface area (Å²) in [6.45, 7) is 6.98. The molecule has 1 saturated carbocycles. The molecule has 1 heterocycles. The zero-order chi connectivity index (χ0) is 15.7. The number of hydrogen-bond acceptors (Lipinski definition) is 2. The van der Waals surface area contributed by atoms with Crippen LogP contribution in [0.1, 0.15) is 56.1 Å². The van der Waals surface area contributed by atoms with Crippen molar-refractivity contribution in [3.63, 3.8) is 0 Å². The number of hydrogen-bond donors (Lipinski definition) is 1. The van der Waals surface area contributed by atoms with Crippen LogP contribution in [0, 0.1) is 11.8 Å². The van der Waals surface area contributed by atoms with E-state index in [1.54, 1.807) is 0 Å². The number of likely N-dealkylation sites (tertiary alicyclic amines) is 1. The van der Waals surface area contributed by atoms with E-state index < -0.39 is 0 Å². The van der Waals surface area contributed by atoms with Gasteiger partial charge in [0, 0.05) is 19.0 Å². The molecule has 22 heavy (non-hydrogen) atoms. The Labute approximate surface area is 133 Å². The Morgan fingerprint density at radius 1 is 1.23 bits per heavy atom. The highest BCUT2D eigenvalue weighted by Crippen LogP contribution is 2.48. The summed E-state index contributed by atoms with van der Waals surface area (Å²) in [6, 6.07) is 8.86. The minimum Gasteiger partial charge on any atom is -0.342 e. The third kappa shape index (κ3) is 3.19. The number of carbonyl (C=O) groups excluding carboxylic acids is 1. The molecule has 1 saturated heterocycles. The zero-order valence-electron chi connectivity index (χ0n) is 13.8. The molecule has 2 unspecified atom stereocenters. The highest BCUT2D eigenvalue weighted by Gasteiger charge is 2.46. The predicted molar refractivity (Wildman–Crippen MR) is 89.7 cm³/mol. The van der Waals surface area contributed by atoms with Crippen LogP contribution in [0.2, 0.25) is 0 Å². The van der Waals surface area contributed by atoms with Crippen LogP contribution in [0.25, 0.3) is 0 Å². The number of benzene rings is 1. The Morgan fingerprint density at radius 2 is 1.86 bits per heavy atom. The molecule has 2 aliphatic rings. The summed E-state index contributed by atoms with van der Waals surface area (Å²) in [6.07, 6.45) is 3.17. The van der Waals surface area contributed by atoms with E-state index in [2.05, 4.69) is 43.0 Å². The molecular weight excluding hydrogens is 272 g/mol. The van der Waals surface area contributed by atoms with E-state index in [4.69, 9.17) is 5.73 Å². The standard InChI is InChI=1S/C19H28N2O/c1-13(2)15-3-5-16(6-4-15)17-11-18(17)19(22)21-9-7-14(12-20)8-10-21/h3-6,13-14,17-18H,7-12,20H2,1-2H3. The highest BCUT2D eigenvalue weighted by molar-refractivity contribution is 5.83. The fraction of sp³-hybridized carbons (Fsp3) is 0.632. The van der Waals surface area contributed by atoms with Gasteiger partial charge >= 0.3 is 0 Å². The Bertz CT molecular complexity index is 515. The topological polar surface area (TPSA) is 46.3 Å². The third-order valence-electron chi connectivity index (χ3n) is 5.40. The maximum atomic E-state index is 12.6. The summed E-state index contributed by atoms with van der Waals surface area (Å²) in [4.78, 5) is 14.7. The summed E-state index contributed by atoms with van der Waals surface area (Å²) < 4.78 is 0. The molecule has 1 aromatic carbocycles. The first-order chi connectivity index (χ1) is 10.6. The summed E-state index contributed by atoms with van der Waals surface area (Å²) in [5.74, 6) is 2.21. The van der Waals surface area contributed by atoms with Crippen molar-refractivity contribution in [3.8, 4) is 0 Å². The van der Waals surface area contributed by atoms with Gasteiger partial charge in [-0.05, 0) is 54.7 Å². The van der Waals surface area contributed by atoms with E-state index in [0.29, 0.717) is 23.7 Å². The van der Waals surface area contributed by atoms with Gasteiger partial charge in [-0.3, -0.25) is 4.79 Å². The number of carbonyl (C=O) groups is 1. The largest absolute Gasteiger partial charge is 0.342 e. The molecule has 3 nitrogen and oxygen atoms in total. The quantitative estimate of drug-likeness (QED) is 0.928. The minimum atomic E-state index is 0.222. The third-order valence-corrected chi connectivity index (χ3v) is 5.40. The van der Waals surface area contributed by atoms with Gasteiger partial charge in [0.05, 0.1) is 0 Å². The van der Waals surface area contributed by atoms with Crippen LogP contribution in [0.3, 0.4) is 0 Å². The van der Waals surface area contributed by atoms with Crippen molar-refractivity contribution in [1.82, 2.24) is 4.90 Å². The van der Waals surface area contributed by atoms with Crippen molar-refractivity contribution in [2.24, 2.45) is 17.6 Å². The maximum absolute atomic E-state index is 12.6. The van der Waals surface area contributed by atoms with Crippen LogP contribution in [0.15, 0.2) is 24.3 Å². The average Bonchev–Trinajstić information content (AvgIpc) is 3.35. The molecule has 3 heteroatoms. The number of amides is 1. The molecule has 120 valence electrons. The summed E-state index contributed by atoms with van der Waals surface area (Å²) in [7, 11) is 0.